The van der Waals surface area contributed by atoms with Crippen LogP contribution in [0.25, 0.3) is 0 Å². The lowest BCUT2D eigenvalue weighted by molar-refractivity contribution is -0.120. The van der Waals surface area contributed by atoms with Gasteiger partial charge in [-0.1, -0.05) is 30.2 Å². The molecule has 0 radical (unpaired) electrons. The number of carbonyl (C=O) groups is 1. The summed E-state index contributed by atoms with van der Waals surface area (Å²) in [5.41, 5.74) is 2.76. The molecule has 1 unspecified atom stereocenters. The van der Waals surface area contributed by atoms with Crippen molar-refractivity contribution >= 4 is 5.78 Å². The minimum Gasteiger partial charge on any atom is -0.300 e. The third kappa shape index (κ3) is 8.17. The van der Waals surface area contributed by atoms with Crippen LogP contribution in [0, 0.1) is 5.92 Å². The van der Waals surface area contributed by atoms with E-state index in [1.165, 1.54) is 11.1 Å². The topological polar surface area (TPSA) is 17.1 Å². The van der Waals surface area contributed by atoms with Crippen LogP contribution in [0.5, 0.6) is 0 Å². The van der Waals surface area contributed by atoms with E-state index in [2.05, 4.69) is 32.9 Å². The molecule has 0 saturated heterocycles. The Morgan fingerprint density at radius 3 is 2.20 bits per heavy atom. The lowest BCUT2D eigenvalue weighted by atomic mass is 10.0. The maximum Gasteiger partial charge on any atom is 0.132 e. The molecule has 0 aromatic heterocycles. The first kappa shape index (κ1) is 14.2. The van der Waals surface area contributed by atoms with Gasteiger partial charge in [0.05, 0.1) is 0 Å². The van der Waals surface area contributed by atoms with Gasteiger partial charge in [-0.05, 0) is 47.0 Å². The molecule has 1 nitrogen and oxygen atoms in total. The van der Waals surface area contributed by atoms with Crippen molar-refractivity contribution in [1.29, 1.82) is 0 Å². The quantitative estimate of drug-likeness (QED) is 0.595. The van der Waals surface area contributed by atoms with Gasteiger partial charge in [0, 0.05) is 5.92 Å². The molecule has 0 fully saturated rings. The summed E-state index contributed by atoms with van der Waals surface area (Å²) in [6.07, 6.45) is 7.56. The molecule has 0 aromatic rings. The molecule has 1 atom stereocenters. The van der Waals surface area contributed by atoms with Crippen molar-refractivity contribution in [2.45, 2.75) is 53.9 Å². The van der Waals surface area contributed by atoms with Gasteiger partial charge in [-0.25, -0.2) is 0 Å². The summed E-state index contributed by atoms with van der Waals surface area (Å²) in [6.45, 7) is 10.0. The number of carbonyl (C=O) groups excluding carboxylic acids is 1. The van der Waals surface area contributed by atoms with E-state index in [1.807, 2.05) is 6.92 Å². The summed E-state index contributed by atoms with van der Waals surface area (Å²) in [5.74, 6) is 0.451. The average Bonchev–Trinajstić information content (AvgIpc) is 2.13. The van der Waals surface area contributed by atoms with Crippen LogP contribution in [0.4, 0.5) is 0 Å². The van der Waals surface area contributed by atoms with Crippen molar-refractivity contribution in [1.82, 2.24) is 0 Å². The number of rotatable bonds is 6. The van der Waals surface area contributed by atoms with Crippen LogP contribution in [0.15, 0.2) is 23.3 Å². The molecule has 86 valence electrons. The van der Waals surface area contributed by atoms with Gasteiger partial charge in [-0.3, -0.25) is 4.79 Å². The van der Waals surface area contributed by atoms with E-state index >= 15 is 0 Å². The van der Waals surface area contributed by atoms with Crippen molar-refractivity contribution < 1.29 is 4.79 Å². The predicted molar refractivity (Wildman–Crippen MR) is 66.9 cm³/mol. The van der Waals surface area contributed by atoms with Gasteiger partial charge in [-0.15, -0.1) is 0 Å². The highest BCUT2D eigenvalue weighted by molar-refractivity contribution is 5.77. The molecule has 0 amide bonds. The Bertz CT molecular complexity index is 255. The lowest BCUT2D eigenvalue weighted by Crippen LogP contribution is -2.04. The van der Waals surface area contributed by atoms with Crippen molar-refractivity contribution in [2.24, 2.45) is 5.92 Å². The van der Waals surface area contributed by atoms with Gasteiger partial charge in [0.2, 0.25) is 0 Å². The van der Waals surface area contributed by atoms with Gasteiger partial charge in [0.1, 0.15) is 5.78 Å². The molecular weight excluding hydrogens is 184 g/mol. The van der Waals surface area contributed by atoms with E-state index in [4.69, 9.17) is 0 Å². The smallest absolute Gasteiger partial charge is 0.132 e. The Kier molecular flexibility index (Phi) is 7.02. The Morgan fingerprint density at radius 1 is 1.13 bits per heavy atom. The Morgan fingerprint density at radius 2 is 1.73 bits per heavy atom. The molecule has 0 N–H and O–H groups in total. The monoisotopic (exact) mass is 208 g/mol. The lowest BCUT2D eigenvalue weighted by Gasteiger charge is -2.04. The van der Waals surface area contributed by atoms with Crippen LogP contribution in [0.2, 0.25) is 0 Å². The van der Waals surface area contributed by atoms with Crippen LogP contribution < -0.4 is 0 Å². The first-order valence-electron chi connectivity index (χ1n) is 5.73. The van der Waals surface area contributed by atoms with Gasteiger partial charge in [0.15, 0.2) is 0 Å². The first-order valence-corrected chi connectivity index (χ1v) is 5.73. The second-order valence-electron chi connectivity index (χ2n) is 4.62. The second-order valence-corrected chi connectivity index (χ2v) is 4.62. The highest BCUT2D eigenvalue weighted by Crippen LogP contribution is 2.11. The zero-order chi connectivity index (χ0) is 11.8. The van der Waals surface area contributed by atoms with E-state index in [9.17, 15) is 4.79 Å². The molecule has 0 aliphatic rings. The number of Topliss-reactive ketones (excluding diaryl/α,β-unsaturated/α-hetero) is 1. The third-order valence-electron chi connectivity index (χ3n) is 2.61. The van der Waals surface area contributed by atoms with Crippen LogP contribution in [-0.4, -0.2) is 5.78 Å². The minimum absolute atomic E-state index is 0.170. The summed E-state index contributed by atoms with van der Waals surface area (Å²) in [4.78, 5) is 11.0. The molecule has 1 heteroatoms. The van der Waals surface area contributed by atoms with Gasteiger partial charge in [-0.2, -0.15) is 0 Å². The van der Waals surface area contributed by atoms with E-state index in [0.717, 1.165) is 19.3 Å². The highest BCUT2D eigenvalue weighted by atomic mass is 16.1. The normalized spacial score (nSPS) is 13.5. The van der Waals surface area contributed by atoms with E-state index in [0.29, 0.717) is 0 Å². The fourth-order valence-electron chi connectivity index (χ4n) is 1.23. The van der Waals surface area contributed by atoms with Crippen molar-refractivity contribution in [3.8, 4) is 0 Å². The van der Waals surface area contributed by atoms with E-state index in [1.54, 1.807) is 6.92 Å². The number of hydrogen-bond donors (Lipinski definition) is 0. The van der Waals surface area contributed by atoms with Gasteiger partial charge in [0.25, 0.3) is 0 Å². The minimum atomic E-state index is 0.170. The van der Waals surface area contributed by atoms with E-state index in [-0.39, 0.29) is 11.7 Å². The van der Waals surface area contributed by atoms with Crippen molar-refractivity contribution in [2.75, 3.05) is 0 Å². The molecule has 0 aromatic carbocycles. The SMILES string of the molecule is CC(=O)C(C)C/C=C(\C)CCC=C(C)C. The maximum absolute atomic E-state index is 11.0. The van der Waals surface area contributed by atoms with Crippen LogP contribution >= 0.6 is 0 Å². The molecule has 0 rings (SSSR count). The zero-order valence-corrected chi connectivity index (χ0v) is 10.8. The second kappa shape index (κ2) is 7.44. The Hall–Kier alpha value is -0.850. The summed E-state index contributed by atoms with van der Waals surface area (Å²) >= 11 is 0. The van der Waals surface area contributed by atoms with E-state index < -0.39 is 0 Å². The number of hydrogen-bond acceptors (Lipinski definition) is 1. The summed E-state index contributed by atoms with van der Waals surface area (Å²) in [5, 5.41) is 0. The molecule has 0 aliphatic carbocycles. The number of ketones is 1. The molecule has 0 heterocycles. The molecule has 0 aliphatic heterocycles. The highest BCUT2D eigenvalue weighted by Gasteiger charge is 2.04. The van der Waals surface area contributed by atoms with Gasteiger partial charge >= 0.3 is 0 Å². The van der Waals surface area contributed by atoms with Crippen molar-refractivity contribution in [3.05, 3.63) is 23.3 Å². The van der Waals surface area contributed by atoms with Gasteiger partial charge < -0.3 is 0 Å². The van der Waals surface area contributed by atoms with Crippen LogP contribution in [0.1, 0.15) is 53.9 Å². The van der Waals surface area contributed by atoms with Crippen LogP contribution in [-0.2, 0) is 4.79 Å². The molecule has 0 bridgehead atoms. The zero-order valence-electron chi connectivity index (χ0n) is 10.8. The molecular formula is C14H24O. The fourth-order valence-corrected chi connectivity index (χ4v) is 1.23. The molecule has 15 heavy (non-hydrogen) atoms. The van der Waals surface area contributed by atoms with Crippen molar-refractivity contribution in [3.63, 3.8) is 0 Å². The number of allylic oxidation sites excluding steroid dienone is 4. The Balaban J connectivity index is 3.89. The molecule has 0 spiro atoms. The average molecular weight is 208 g/mol. The maximum atomic E-state index is 11.0. The Labute approximate surface area is 94.3 Å². The van der Waals surface area contributed by atoms with Crippen LogP contribution in [0.3, 0.4) is 0 Å². The third-order valence-corrected chi connectivity index (χ3v) is 2.61. The summed E-state index contributed by atoms with van der Waals surface area (Å²) in [7, 11) is 0. The fraction of sp³-hybridized carbons (Fsp3) is 0.643. The standard InChI is InChI=1S/C14H24O/c1-11(2)7-6-8-12(3)9-10-13(4)14(5)15/h7,9,13H,6,8,10H2,1-5H3/b12-9+. The predicted octanol–water partition coefficient (Wildman–Crippen LogP) is 4.29. The first-order chi connectivity index (χ1) is 6.93. The molecule has 0 saturated carbocycles. The summed E-state index contributed by atoms with van der Waals surface area (Å²) in [6, 6.07) is 0. The largest absolute Gasteiger partial charge is 0.300 e. The summed E-state index contributed by atoms with van der Waals surface area (Å²) < 4.78 is 0.